The minimum absolute atomic E-state index is 0.106. The number of non-ortho nitro benzene ring substituents is 1. The Morgan fingerprint density at radius 2 is 1.58 bits per heavy atom. The lowest BCUT2D eigenvalue weighted by molar-refractivity contribution is -0.384. The number of hydrogen-bond donors (Lipinski definition) is 1. The van der Waals surface area contributed by atoms with Crippen molar-refractivity contribution in [2.45, 2.75) is 53.6 Å². The number of anilines is 1. The number of nitro benzene ring substituents is 1. The number of carbonyl (C=O) groups is 1. The number of aryl methyl sites for hydroxylation is 4. The van der Waals surface area contributed by atoms with E-state index >= 15 is 0 Å². The first-order valence-corrected chi connectivity index (χ1v) is 11.7. The fourth-order valence-corrected chi connectivity index (χ4v) is 4.82. The Bertz CT molecular complexity index is 1130. The SMILES string of the molecule is Cc1cc(C)c(C(C)NC(=O)C(C)N(c2cc([N+](=O)[O-])ccc2C)S(C)(=O)=O)cc1C. The number of carbonyl (C=O) groups excluding carboxylic acids is 1. The minimum Gasteiger partial charge on any atom is -0.348 e. The molecule has 0 aliphatic rings. The lowest BCUT2D eigenvalue weighted by atomic mass is 9.96. The van der Waals surface area contributed by atoms with Crippen LogP contribution in [0.3, 0.4) is 0 Å². The number of benzene rings is 2. The van der Waals surface area contributed by atoms with E-state index in [0.29, 0.717) is 5.56 Å². The van der Waals surface area contributed by atoms with Crippen LogP contribution in [0.1, 0.15) is 47.7 Å². The fourth-order valence-electron chi connectivity index (χ4n) is 3.59. The summed E-state index contributed by atoms with van der Waals surface area (Å²) in [5, 5.41) is 14.1. The molecule has 2 aromatic rings. The summed E-state index contributed by atoms with van der Waals surface area (Å²) in [6, 6.07) is 6.56. The van der Waals surface area contributed by atoms with Gasteiger partial charge in [0.1, 0.15) is 6.04 Å². The summed E-state index contributed by atoms with van der Waals surface area (Å²) in [6.45, 7) is 10.9. The second kappa shape index (κ2) is 9.05. The normalized spacial score (nSPS) is 13.4. The largest absolute Gasteiger partial charge is 0.348 e. The zero-order valence-electron chi connectivity index (χ0n) is 18.9. The van der Waals surface area contributed by atoms with Gasteiger partial charge in [0.15, 0.2) is 0 Å². The van der Waals surface area contributed by atoms with Gasteiger partial charge in [-0.3, -0.25) is 19.2 Å². The van der Waals surface area contributed by atoms with Crippen molar-refractivity contribution < 1.29 is 18.1 Å². The van der Waals surface area contributed by atoms with Crippen molar-refractivity contribution in [2.24, 2.45) is 0 Å². The molecule has 0 radical (unpaired) electrons. The van der Waals surface area contributed by atoms with E-state index in [1.165, 1.54) is 25.1 Å². The minimum atomic E-state index is -3.90. The Kier molecular flexibility index (Phi) is 7.10. The van der Waals surface area contributed by atoms with E-state index in [4.69, 9.17) is 0 Å². The Morgan fingerprint density at radius 3 is 2.13 bits per heavy atom. The standard InChI is InChI=1S/C22H29N3O5S/c1-13-8-9-19(25(27)28)12-21(13)24(31(7,29)30)18(6)22(26)23-17(5)20-11-15(3)14(2)10-16(20)4/h8-12,17-18H,1-7H3,(H,23,26). The van der Waals surface area contributed by atoms with Gasteiger partial charge in [0.25, 0.3) is 5.69 Å². The third kappa shape index (κ3) is 5.41. The van der Waals surface area contributed by atoms with Crippen molar-refractivity contribution in [2.75, 3.05) is 10.6 Å². The molecule has 0 fully saturated rings. The first kappa shape index (κ1) is 24.3. The van der Waals surface area contributed by atoms with Crippen LogP contribution >= 0.6 is 0 Å². The third-order valence-electron chi connectivity index (χ3n) is 5.44. The van der Waals surface area contributed by atoms with E-state index < -0.39 is 26.9 Å². The molecule has 2 atom stereocenters. The van der Waals surface area contributed by atoms with Gasteiger partial charge in [-0.25, -0.2) is 8.42 Å². The predicted molar refractivity (Wildman–Crippen MR) is 122 cm³/mol. The van der Waals surface area contributed by atoms with Crippen molar-refractivity contribution in [3.63, 3.8) is 0 Å². The van der Waals surface area contributed by atoms with Crippen LogP contribution in [0.15, 0.2) is 30.3 Å². The quantitative estimate of drug-likeness (QED) is 0.512. The van der Waals surface area contributed by atoms with Crippen molar-refractivity contribution in [1.29, 1.82) is 0 Å². The van der Waals surface area contributed by atoms with Crippen LogP contribution in [0, 0.1) is 37.8 Å². The monoisotopic (exact) mass is 447 g/mol. The smallest absolute Gasteiger partial charge is 0.271 e. The van der Waals surface area contributed by atoms with Crippen molar-refractivity contribution in [1.82, 2.24) is 5.32 Å². The Morgan fingerprint density at radius 1 is 1.00 bits per heavy atom. The van der Waals surface area contributed by atoms with Crippen LogP contribution < -0.4 is 9.62 Å². The molecule has 1 amide bonds. The summed E-state index contributed by atoms with van der Waals surface area (Å²) in [5.74, 6) is -0.499. The fraction of sp³-hybridized carbons (Fsp3) is 0.409. The molecule has 168 valence electrons. The highest BCUT2D eigenvalue weighted by atomic mass is 32.2. The zero-order valence-corrected chi connectivity index (χ0v) is 19.7. The molecule has 0 aliphatic carbocycles. The van der Waals surface area contributed by atoms with Crippen LogP contribution in [0.2, 0.25) is 0 Å². The molecule has 0 saturated carbocycles. The second-order valence-electron chi connectivity index (χ2n) is 7.99. The van der Waals surface area contributed by atoms with Gasteiger partial charge in [0.05, 0.1) is 22.9 Å². The van der Waals surface area contributed by atoms with Gasteiger partial charge in [-0.05, 0) is 69.4 Å². The maximum Gasteiger partial charge on any atom is 0.271 e. The molecule has 31 heavy (non-hydrogen) atoms. The van der Waals surface area contributed by atoms with E-state index in [-0.39, 0.29) is 17.4 Å². The molecular weight excluding hydrogens is 418 g/mol. The van der Waals surface area contributed by atoms with Crippen molar-refractivity contribution in [3.8, 4) is 0 Å². The molecule has 2 unspecified atom stereocenters. The highest BCUT2D eigenvalue weighted by Crippen LogP contribution is 2.30. The first-order chi connectivity index (χ1) is 14.2. The number of nitrogens with one attached hydrogen (secondary N) is 1. The molecule has 9 heteroatoms. The average molecular weight is 448 g/mol. The van der Waals surface area contributed by atoms with E-state index in [9.17, 15) is 23.3 Å². The molecule has 0 saturated heterocycles. The van der Waals surface area contributed by atoms with Gasteiger partial charge in [-0.15, -0.1) is 0 Å². The van der Waals surface area contributed by atoms with Crippen LogP contribution in [0.25, 0.3) is 0 Å². The second-order valence-corrected chi connectivity index (χ2v) is 9.85. The van der Waals surface area contributed by atoms with Crippen molar-refractivity contribution >= 4 is 27.3 Å². The van der Waals surface area contributed by atoms with Gasteiger partial charge in [-0.2, -0.15) is 0 Å². The average Bonchev–Trinajstić information content (AvgIpc) is 2.64. The molecule has 0 aliphatic heterocycles. The number of nitrogens with zero attached hydrogens (tertiary/aromatic N) is 2. The number of rotatable bonds is 7. The van der Waals surface area contributed by atoms with E-state index in [2.05, 4.69) is 5.32 Å². The van der Waals surface area contributed by atoms with Gasteiger partial charge < -0.3 is 5.32 Å². The summed E-state index contributed by atoms with van der Waals surface area (Å²) in [7, 11) is -3.90. The molecule has 8 nitrogen and oxygen atoms in total. The van der Waals surface area contributed by atoms with E-state index in [1.807, 2.05) is 39.8 Å². The summed E-state index contributed by atoms with van der Waals surface area (Å²) in [4.78, 5) is 23.6. The van der Waals surface area contributed by atoms with Crippen LogP contribution in [-0.4, -0.2) is 31.5 Å². The molecular formula is C22H29N3O5S. The Hall–Kier alpha value is -2.94. The molecule has 0 bridgehead atoms. The third-order valence-corrected chi connectivity index (χ3v) is 6.66. The van der Waals surface area contributed by atoms with Gasteiger partial charge >= 0.3 is 0 Å². The molecule has 2 rings (SSSR count). The lowest BCUT2D eigenvalue weighted by Gasteiger charge is -2.30. The number of nitro groups is 1. The summed E-state index contributed by atoms with van der Waals surface area (Å²) < 4.78 is 26.1. The van der Waals surface area contributed by atoms with Crippen molar-refractivity contribution in [3.05, 3.63) is 68.3 Å². The topological polar surface area (TPSA) is 110 Å². The summed E-state index contributed by atoms with van der Waals surface area (Å²) in [6.07, 6.45) is 0.978. The predicted octanol–water partition coefficient (Wildman–Crippen LogP) is 3.86. The van der Waals surface area contributed by atoms with Crippen LogP contribution in [-0.2, 0) is 14.8 Å². The van der Waals surface area contributed by atoms with Gasteiger partial charge in [-0.1, -0.05) is 18.2 Å². The molecule has 0 aromatic heterocycles. The molecule has 0 heterocycles. The van der Waals surface area contributed by atoms with Crippen LogP contribution in [0.4, 0.5) is 11.4 Å². The summed E-state index contributed by atoms with van der Waals surface area (Å²) >= 11 is 0. The summed E-state index contributed by atoms with van der Waals surface area (Å²) in [5.41, 5.74) is 4.58. The zero-order chi connectivity index (χ0) is 23.7. The molecule has 1 N–H and O–H groups in total. The van der Waals surface area contributed by atoms with E-state index in [1.54, 1.807) is 6.92 Å². The Labute approximate surface area is 183 Å². The molecule has 0 spiro atoms. The lowest BCUT2D eigenvalue weighted by Crippen LogP contribution is -2.48. The molecule has 2 aromatic carbocycles. The maximum absolute atomic E-state index is 13.0. The highest BCUT2D eigenvalue weighted by Gasteiger charge is 2.32. The Balaban J connectivity index is 2.40. The van der Waals surface area contributed by atoms with Gasteiger partial charge in [0.2, 0.25) is 15.9 Å². The maximum atomic E-state index is 13.0. The van der Waals surface area contributed by atoms with Gasteiger partial charge in [0, 0.05) is 12.1 Å². The first-order valence-electron chi connectivity index (χ1n) is 9.86. The number of amides is 1. The number of sulfonamides is 1. The van der Waals surface area contributed by atoms with Crippen LogP contribution in [0.5, 0.6) is 0 Å². The number of hydrogen-bond acceptors (Lipinski definition) is 5. The van der Waals surface area contributed by atoms with E-state index in [0.717, 1.165) is 32.8 Å². The highest BCUT2D eigenvalue weighted by molar-refractivity contribution is 7.92.